The molecule has 0 aliphatic carbocycles. The van der Waals surface area contributed by atoms with Crippen molar-refractivity contribution < 1.29 is 9.47 Å². The van der Waals surface area contributed by atoms with E-state index in [0.717, 1.165) is 12.8 Å². The number of hydrogen-bond acceptors (Lipinski definition) is 2. The predicted octanol–water partition coefficient (Wildman–Crippen LogP) is 7.77. The molecule has 0 aliphatic rings. The lowest BCUT2D eigenvalue weighted by molar-refractivity contribution is 0.00510. The lowest BCUT2D eigenvalue weighted by atomic mass is 9.89. The van der Waals surface area contributed by atoms with Crippen LogP contribution in [0.4, 0.5) is 0 Å². The molecular formula is C23H52O2. The molecule has 25 heavy (non-hydrogen) atoms. The smallest absolute Gasteiger partial charge is 0.0809 e. The van der Waals surface area contributed by atoms with Crippen LogP contribution in [0.25, 0.3) is 0 Å². The first-order chi connectivity index (χ1) is 10.6. The molecule has 0 rings (SSSR count). The molecule has 0 radical (unpaired) electrons. The third-order valence-electron chi connectivity index (χ3n) is 3.34. The van der Waals surface area contributed by atoms with Crippen LogP contribution in [0.1, 0.15) is 95.9 Å². The topological polar surface area (TPSA) is 18.5 Å². The molecule has 0 saturated heterocycles. The van der Waals surface area contributed by atoms with Gasteiger partial charge in [0.25, 0.3) is 0 Å². The molecule has 0 aliphatic heterocycles. The van der Waals surface area contributed by atoms with Gasteiger partial charge in [0, 0.05) is 14.2 Å². The molecule has 156 valence electrons. The van der Waals surface area contributed by atoms with Gasteiger partial charge in [-0.2, -0.15) is 0 Å². The molecule has 0 aromatic heterocycles. The maximum atomic E-state index is 5.24. The number of hydrogen-bond donors (Lipinski definition) is 0. The fourth-order valence-corrected chi connectivity index (χ4v) is 1.51. The van der Waals surface area contributed by atoms with E-state index in [1.807, 2.05) is 6.08 Å². The van der Waals surface area contributed by atoms with E-state index in [-0.39, 0.29) is 13.5 Å². The first-order valence-corrected chi connectivity index (χ1v) is 9.24. The van der Waals surface area contributed by atoms with E-state index in [4.69, 9.17) is 9.47 Å². The van der Waals surface area contributed by atoms with E-state index in [9.17, 15) is 0 Å². The lowest BCUT2D eigenvalue weighted by Gasteiger charge is -2.24. The van der Waals surface area contributed by atoms with Gasteiger partial charge in [-0.25, -0.2) is 0 Å². The Labute approximate surface area is 161 Å². The fraction of sp³-hybridized carbons (Fsp3) is 0.913. The van der Waals surface area contributed by atoms with Gasteiger partial charge in [-0.1, -0.05) is 89.2 Å². The van der Waals surface area contributed by atoms with Crippen molar-refractivity contribution in [3.63, 3.8) is 0 Å². The fourth-order valence-electron chi connectivity index (χ4n) is 1.51. The molecule has 2 nitrogen and oxygen atoms in total. The van der Waals surface area contributed by atoms with Gasteiger partial charge in [0.05, 0.1) is 12.7 Å². The van der Waals surface area contributed by atoms with Crippen molar-refractivity contribution in [3.8, 4) is 0 Å². The third kappa shape index (κ3) is 40.0. The van der Waals surface area contributed by atoms with Gasteiger partial charge in [0.1, 0.15) is 0 Å². The Morgan fingerprint density at radius 1 is 0.840 bits per heavy atom. The lowest BCUT2D eigenvalue weighted by Crippen LogP contribution is -2.23. The van der Waals surface area contributed by atoms with Crippen molar-refractivity contribution in [3.05, 3.63) is 12.7 Å². The van der Waals surface area contributed by atoms with Crippen LogP contribution in [0.2, 0.25) is 0 Å². The predicted molar refractivity (Wildman–Crippen MR) is 117 cm³/mol. The Morgan fingerprint density at radius 2 is 1.24 bits per heavy atom. The molecule has 0 saturated carbocycles. The molecule has 0 fully saturated rings. The summed E-state index contributed by atoms with van der Waals surface area (Å²) in [6.07, 6.45) is 5.61. The van der Waals surface area contributed by atoms with Crippen LogP contribution in [0.15, 0.2) is 12.7 Å². The van der Waals surface area contributed by atoms with Gasteiger partial charge in [-0.05, 0) is 29.1 Å². The summed E-state index contributed by atoms with van der Waals surface area (Å²) in [5.41, 5.74) is 1.29. The Morgan fingerprint density at radius 3 is 1.36 bits per heavy atom. The van der Waals surface area contributed by atoms with Gasteiger partial charge >= 0.3 is 0 Å². The normalized spacial score (nSPS) is 12.6. The summed E-state index contributed by atoms with van der Waals surface area (Å²) in [5, 5.41) is 0. The molecule has 0 amide bonds. The minimum Gasteiger partial charge on any atom is -0.382 e. The van der Waals surface area contributed by atoms with E-state index in [2.05, 4.69) is 75.8 Å². The molecule has 0 heterocycles. The van der Waals surface area contributed by atoms with Crippen molar-refractivity contribution >= 4 is 0 Å². The highest BCUT2D eigenvalue weighted by atomic mass is 16.5. The third-order valence-corrected chi connectivity index (χ3v) is 3.34. The van der Waals surface area contributed by atoms with E-state index in [0.29, 0.717) is 22.9 Å². The van der Waals surface area contributed by atoms with Crippen molar-refractivity contribution in [1.82, 2.24) is 0 Å². The van der Waals surface area contributed by atoms with Crippen molar-refractivity contribution in [2.45, 2.75) is 102 Å². The number of ether oxygens (including phenoxy) is 2. The highest BCUT2D eigenvalue weighted by Gasteiger charge is 2.17. The van der Waals surface area contributed by atoms with Crippen LogP contribution in [0.5, 0.6) is 0 Å². The highest BCUT2D eigenvalue weighted by Crippen LogP contribution is 2.22. The monoisotopic (exact) mass is 360 g/mol. The van der Waals surface area contributed by atoms with Crippen molar-refractivity contribution in [1.29, 1.82) is 0 Å². The average molecular weight is 361 g/mol. The van der Waals surface area contributed by atoms with Crippen LogP contribution >= 0.6 is 0 Å². The maximum Gasteiger partial charge on any atom is 0.0809 e. The minimum absolute atomic E-state index is 0. The summed E-state index contributed by atoms with van der Waals surface area (Å²) < 4.78 is 10.3. The summed E-state index contributed by atoms with van der Waals surface area (Å²) >= 11 is 0. The summed E-state index contributed by atoms with van der Waals surface area (Å²) in [7, 11) is 3.43. The van der Waals surface area contributed by atoms with Gasteiger partial charge < -0.3 is 9.47 Å². The first-order valence-electron chi connectivity index (χ1n) is 9.24. The second kappa shape index (κ2) is 15.9. The van der Waals surface area contributed by atoms with Crippen LogP contribution < -0.4 is 0 Å². The van der Waals surface area contributed by atoms with E-state index in [1.54, 1.807) is 14.2 Å². The van der Waals surface area contributed by atoms with E-state index in [1.165, 1.54) is 6.42 Å². The summed E-state index contributed by atoms with van der Waals surface area (Å²) in [5.74, 6) is 0. The zero-order valence-electron chi connectivity index (χ0n) is 19.0. The van der Waals surface area contributed by atoms with E-state index < -0.39 is 0 Å². The molecule has 0 aromatic rings. The summed E-state index contributed by atoms with van der Waals surface area (Å²) in [6.45, 7) is 26.5. The molecule has 0 spiro atoms. The Bertz CT molecular complexity index is 274. The van der Waals surface area contributed by atoms with Crippen molar-refractivity contribution in [2.75, 3.05) is 20.8 Å². The van der Waals surface area contributed by atoms with Crippen LogP contribution in [-0.4, -0.2) is 26.9 Å². The van der Waals surface area contributed by atoms with Gasteiger partial charge in [-0.15, -0.1) is 6.58 Å². The zero-order valence-corrected chi connectivity index (χ0v) is 19.0. The van der Waals surface area contributed by atoms with Crippen molar-refractivity contribution in [2.24, 2.45) is 16.2 Å². The largest absolute Gasteiger partial charge is 0.382 e. The minimum atomic E-state index is 0. The SMILES string of the molecule is C.C=CCC(C)(C)C.CCC(C)(C)C.COCC(CC(C)(C)C)OC. The quantitative estimate of drug-likeness (QED) is 0.466. The Kier molecular flexibility index (Phi) is 20.5. The number of methoxy groups -OCH3 is 2. The van der Waals surface area contributed by atoms with Crippen LogP contribution in [-0.2, 0) is 9.47 Å². The van der Waals surface area contributed by atoms with E-state index >= 15 is 0 Å². The van der Waals surface area contributed by atoms with Gasteiger partial charge in [-0.3, -0.25) is 0 Å². The van der Waals surface area contributed by atoms with Gasteiger partial charge in [0.2, 0.25) is 0 Å². The molecule has 0 aromatic carbocycles. The standard InChI is InChI=1S/C9H20O2.C7H14.C6H14.CH4/c1-9(2,3)6-8(11-5)7-10-4;1-5-6-7(2,3)4;1-5-6(2,3)4;/h8H,6-7H2,1-5H3;5H,1,6H2,2-4H3;5H2,1-4H3;1H4. The molecule has 0 N–H and O–H groups in total. The molecule has 2 heteroatoms. The second-order valence-electron chi connectivity index (χ2n) is 10.0. The molecular weight excluding hydrogens is 308 g/mol. The summed E-state index contributed by atoms with van der Waals surface area (Å²) in [4.78, 5) is 0. The maximum absolute atomic E-state index is 5.24. The second-order valence-corrected chi connectivity index (χ2v) is 10.0. The number of allylic oxidation sites excluding steroid dienone is 1. The van der Waals surface area contributed by atoms with Crippen LogP contribution in [0, 0.1) is 16.2 Å². The average Bonchev–Trinajstić information content (AvgIpc) is 2.36. The first kappa shape index (κ1) is 32.3. The molecule has 1 atom stereocenters. The highest BCUT2D eigenvalue weighted by molar-refractivity contribution is 4.75. The Hall–Kier alpha value is -0.340. The Balaban J connectivity index is -0.000000138. The van der Waals surface area contributed by atoms with Crippen LogP contribution in [0.3, 0.4) is 0 Å². The molecule has 1 unspecified atom stereocenters. The summed E-state index contributed by atoms with van der Waals surface area (Å²) in [6, 6.07) is 0. The zero-order chi connectivity index (χ0) is 20.0. The number of rotatable bonds is 5. The molecule has 0 bridgehead atoms. The van der Waals surface area contributed by atoms with Gasteiger partial charge in [0.15, 0.2) is 0 Å².